The highest BCUT2D eigenvalue weighted by molar-refractivity contribution is 7.14. The zero-order chi connectivity index (χ0) is 19.2. The first-order valence-electron chi connectivity index (χ1n) is 8.32. The van der Waals surface area contributed by atoms with Crippen LogP contribution in [0, 0.1) is 6.92 Å². The van der Waals surface area contributed by atoms with Crippen LogP contribution in [0.25, 0.3) is 11.3 Å². The van der Waals surface area contributed by atoms with Crippen LogP contribution in [0.2, 0.25) is 0 Å². The van der Waals surface area contributed by atoms with Crippen molar-refractivity contribution < 1.29 is 14.3 Å². The molecule has 0 atom stereocenters. The van der Waals surface area contributed by atoms with Gasteiger partial charge in [0.15, 0.2) is 11.7 Å². The second-order valence-corrected chi connectivity index (χ2v) is 6.80. The minimum absolute atomic E-state index is 0.0800. The molecule has 2 aromatic carbocycles. The summed E-state index contributed by atoms with van der Waals surface area (Å²) >= 11 is 1.34. The van der Waals surface area contributed by atoms with Crippen molar-refractivity contribution in [1.29, 1.82) is 0 Å². The first-order chi connectivity index (χ1) is 13.0. The maximum Gasteiger partial charge on any atom is 0.264 e. The molecule has 0 spiro atoms. The molecular weight excluding hydrogens is 362 g/mol. The minimum atomic E-state index is -0.266. The molecule has 3 aromatic rings. The number of thiazole rings is 1. The Hall–Kier alpha value is -3.19. The quantitative estimate of drug-likeness (QED) is 0.674. The summed E-state index contributed by atoms with van der Waals surface area (Å²) in [7, 11) is 0. The topological polar surface area (TPSA) is 80.3 Å². The van der Waals surface area contributed by atoms with Gasteiger partial charge < -0.3 is 10.1 Å². The maximum absolute atomic E-state index is 12.0. The molecule has 0 saturated carbocycles. The number of benzene rings is 2. The number of hydrogen-bond acceptors (Lipinski definition) is 5. The zero-order valence-electron chi connectivity index (χ0n) is 15.0. The lowest BCUT2D eigenvalue weighted by Crippen LogP contribution is -2.20. The Morgan fingerprint density at radius 3 is 2.41 bits per heavy atom. The van der Waals surface area contributed by atoms with Gasteiger partial charge in [-0.1, -0.05) is 29.8 Å². The van der Waals surface area contributed by atoms with Crippen LogP contribution in [0.4, 0.5) is 10.8 Å². The van der Waals surface area contributed by atoms with Crippen LogP contribution < -0.4 is 15.4 Å². The summed E-state index contributed by atoms with van der Waals surface area (Å²) in [6, 6.07) is 14.9. The molecule has 138 valence electrons. The summed E-state index contributed by atoms with van der Waals surface area (Å²) in [5.41, 5.74) is 3.51. The number of amides is 2. The Morgan fingerprint density at radius 2 is 1.74 bits per heavy atom. The van der Waals surface area contributed by atoms with E-state index in [2.05, 4.69) is 15.6 Å². The number of aromatic nitrogens is 1. The number of nitrogens with one attached hydrogen (secondary N) is 2. The van der Waals surface area contributed by atoms with Crippen LogP contribution in [0.15, 0.2) is 53.9 Å². The van der Waals surface area contributed by atoms with Crippen molar-refractivity contribution in [2.45, 2.75) is 13.8 Å². The maximum atomic E-state index is 12.0. The Kier molecular flexibility index (Phi) is 5.83. The molecule has 7 heteroatoms. The number of ether oxygens (including phenoxy) is 1. The Bertz CT molecular complexity index is 934. The second kappa shape index (κ2) is 8.46. The fourth-order valence-corrected chi connectivity index (χ4v) is 3.07. The molecule has 0 radical (unpaired) electrons. The zero-order valence-corrected chi connectivity index (χ0v) is 15.8. The summed E-state index contributed by atoms with van der Waals surface area (Å²) in [5, 5.41) is 7.83. The molecule has 0 unspecified atom stereocenters. The molecule has 0 saturated heterocycles. The third-order valence-electron chi connectivity index (χ3n) is 3.64. The SMILES string of the molecule is CC(=O)Nc1ccc(-c2csc(NC(=O)COc3ccc(C)cc3)n2)cc1. The van der Waals surface area contributed by atoms with E-state index in [9.17, 15) is 9.59 Å². The Labute approximate surface area is 161 Å². The van der Waals surface area contributed by atoms with Gasteiger partial charge in [-0.05, 0) is 31.2 Å². The van der Waals surface area contributed by atoms with E-state index >= 15 is 0 Å². The van der Waals surface area contributed by atoms with Crippen molar-refractivity contribution in [3.05, 3.63) is 59.5 Å². The molecule has 0 aliphatic rings. The Balaban J connectivity index is 1.56. The number of hydrogen-bond donors (Lipinski definition) is 2. The Morgan fingerprint density at radius 1 is 1.04 bits per heavy atom. The molecule has 0 aliphatic carbocycles. The summed E-state index contributed by atoms with van der Waals surface area (Å²) in [6.45, 7) is 3.37. The average molecular weight is 381 g/mol. The van der Waals surface area contributed by atoms with Gasteiger partial charge in [-0.2, -0.15) is 0 Å². The van der Waals surface area contributed by atoms with Gasteiger partial charge in [0.25, 0.3) is 5.91 Å². The summed E-state index contributed by atoms with van der Waals surface area (Å²) < 4.78 is 5.46. The highest BCUT2D eigenvalue weighted by Crippen LogP contribution is 2.26. The van der Waals surface area contributed by atoms with Crippen molar-refractivity contribution >= 4 is 34.0 Å². The van der Waals surface area contributed by atoms with Crippen LogP contribution in [-0.2, 0) is 9.59 Å². The van der Waals surface area contributed by atoms with Gasteiger partial charge in [0, 0.05) is 23.6 Å². The van der Waals surface area contributed by atoms with E-state index in [1.165, 1.54) is 18.3 Å². The number of rotatable bonds is 6. The van der Waals surface area contributed by atoms with E-state index in [0.29, 0.717) is 10.9 Å². The fraction of sp³-hybridized carbons (Fsp3) is 0.150. The van der Waals surface area contributed by atoms with Crippen molar-refractivity contribution in [2.75, 3.05) is 17.2 Å². The van der Waals surface area contributed by atoms with Crippen LogP contribution >= 0.6 is 11.3 Å². The molecule has 3 rings (SSSR count). The molecule has 0 fully saturated rings. The smallest absolute Gasteiger partial charge is 0.264 e. The number of anilines is 2. The molecule has 2 N–H and O–H groups in total. The van der Waals surface area contributed by atoms with E-state index in [1.807, 2.05) is 60.8 Å². The number of carbonyl (C=O) groups excluding carboxylic acids is 2. The van der Waals surface area contributed by atoms with Crippen molar-refractivity contribution in [3.8, 4) is 17.0 Å². The van der Waals surface area contributed by atoms with Crippen molar-refractivity contribution in [2.24, 2.45) is 0 Å². The first-order valence-corrected chi connectivity index (χ1v) is 9.20. The average Bonchev–Trinajstić information content (AvgIpc) is 3.10. The molecule has 2 amide bonds. The van der Waals surface area contributed by atoms with Gasteiger partial charge in [-0.3, -0.25) is 14.9 Å². The molecule has 27 heavy (non-hydrogen) atoms. The number of aryl methyl sites for hydroxylation is 1. The van der Waals surface area contributed by atoms with Crippen molar-refractivity contribution in [3.63, 3.8) is 0 Å². The van der Waals surface area contributed by atoms with Gasteiger partial charge in [0.1, 0.15) is 5.75 Å². The van der Waals surface area contributed by atoms with Crippen LogP contribution in [0.3, 0.4) is 0 Å². The standard InChI is InChI=1S/C20H19N3O3S/c1-13-3-9-17(10-4-13)26-11-19(25)23-20-22-18(12-27-20)15-5-7-16(8-6-15)21-14(2)24/h3-10,12H,11H2,1-2H3,(H,21,24)(H,22,23,25). The lowest BCUT2D eigenvalue weighted by atomic mass is 10.1. The third-order valence-corrected chi connectivity index (χ3v) is 4.40. The first kappa shape index (κ1) is 18.6. The lowest BCUT2D eigenvalue weighted by molar-refractivity contribution is -0.118. The van der Waals surface area contributed by atoms with Gasteiger partial charge in [0.2, 0.25) is 5.91 Å². The van der Waals surface area contributed by atoms with E-state index in [1.54, 1.807) is 0 Å². The van der Waals surface area contributed by atoms with Crippen LogP contribution in [-0.4, -0.2) is 23.4 Å². The van der Waals surface area contributed by atoms with E-state index in [0.717, 1.165) is 22.5 Å². The summed E-state index contributed by atoms with van der Waals surface area (Å²) in [5.74, 6) is 0.265. The molecule has 1 aromatic heterocycles. The van der Waals surface area contributed by atoms with Gasteiger partial charge in [0.05, 0.1) is 5.69 Å². The molecule has 0 aliphatic heterocycles. The third kappa shape index (κ3) is 5.39. The van der Waals surface area contributed by atoms with E-state index in [4.69, 9.17) is 4.74 Å². The monoisotopic (exact) mass is 381 g/mol. The van der Waals surface area contributed by atoms with Gasteiger partial charge in [-0.15, -0.1) is 11.3 Å². The largest absolute Gasteiger partial charge is 0.484 e. The van der Waals surface area contributed by atoms with E-state index < -0.39 is 0 Å². The minimum Gasteiger partial charge on any atom is -0.484 e. The normalized spacial score (nSPS) is 10.3. The van der Waals surface area contributed by atoms with Gasteiger partial charge >= 0.3 is 0 Å². The lowest BCUT2D eigenvalue weighted by Gasteiger charge is -2.06. The van der Waals surface area contributed by atoms with E-state index in [-0.39, 0.29) is 18.4 Å². The molecule has 0 bridgehead atoms. The highest BCUT2D eigenvalue weighted by atomic mass is 32.1. The fourth-order valence-electron chi connectivity index (χ4n) is 2.33. The molecule has 6 nitrogen and oxygen atoms in total. The molecule has 1 heterocycles. The summed E-state index contributed by atoms with van der Waals surface area (Å²) in [4.78, 5) is 27.5. The number of nitrogens with zero attached hydrogens (tertiary/aromatic N) is 1. The second-order valence-electron chi connectivity index (χ2n) is 5.95. The van der Waals surface area contributed by atoms with Gasteiger partial charge in [-0.25, -0.2) is 4.98 Å². The van der Waals surface area contributed by atoms with Crippen molar-refractivity contribution in [1.82, 2.24) is 4.98 Å². The predicted octanol–water partition coefficient (Wildman–Crippen LogP) is 4.09. The van der Waals surface area contributed by atoms with Crippen LogP contribution in [0.1, 0.15) is 12.5 Å². The highest BCUT2D eigenvalue weighted by Gasteiger charge is 2.09. The van der Waals surface area contributed by atoms with Crippen LogP contribution in [0.5, 0.6) is 5.75 Å². The number of carbonyl (C=O) groups is 2. The summed E-state index contributed by atoms with van der Waals surface area (Å²) in [6.07, 6.45) is 0. The predicted molar refractivity (Wildman–Crippen MR) is 107 cm³/mol. The molecular formula is C20H19N3O3S.